The van der Waals surface area contributed by atoms with Gasteiger partial charge in [0.15, 0.2) is 5.82 Å². The van der Waals surface area contributed by atoms with Crippen LogP contribution in [-0.4, -0.2) is 34.3 Å². The van der Waals surface area contributed by atoms with Crippen LogP contribution in [0.4, 0.5) is 10.6 Å². The molecule has 22 heavy (non-hydrogen) atoms. The van der Waals surface area contributed by atoms with Gasteiger partial charge in [-0.3, -0.25) is 10.00 Å². The van der Waals surface area contributed by atoms with Crippen molar-refractivity contribution in [3.63, 3.8) is 0 Å². The van der Waals surface area contributed by atoms with Crippen molar-refractivity contribution in [1.82, 2.24) is 14.7 Å². The molecule has 0 aliphatic carbocycles. The first-order valence-electron chi connectivity index (χ1n) is 7.14. The fourth-order valence-electron chi connectivity index (χ4n) is 1.91. The molecule has 2 amide bonds. The van der Waals surface area contributed by atoms with Crippen molar-refractivity contribution in [2.45, 2.75) is 25.8 Å². The summed E-state index contributed by atoms with van der Waals surface area (Å²) >= 11 is 1.70. The largest absolute Gasteiger partial charge is 0.327 e. The molecule has 0 bridgehead atoms. The van der Waals surface area contributed by atoms with Crippen LogP contribution in [0.1, 0.15) is 17.7 Å². The van der Waals surface area contributed by atoms with Gasteiger partial charge >= 0.3 is 6.03 Å². The third-order valence-corrected chi connectivity index (χ3v) is 4.11. The molecule has 2 aromatic heterocycles. The lowest BCUT2D eigenvalue weighted by Crippen LogP contribution is -2.33. The average molecular weight is 317 g/mol. The number of rotatable bonds is 7. The average Bonchev–Trinajstić information content (AvgIpc) is 3.17. The van der Waals surface area contributed by atoms with Crippen molar-refractivity contribution < 1.29 is 4.79 Å². The number of urea groups is 1. The van der Waals surface area contributed by atoms with Crippen LogP contribution < -0.4 is 5.32 Å². The second kappa shape index (κ2) is 8.20. The highest BCUT2D eigenvalue weighted by Crippen LogP contribution is 2.10. The van der Waals surface area contributed by atoms with Gasteiger partial charge in [0.1, 0.15) is 0 Å². The molecule has 0 saturated carbocycles. The smallest absolute Gasteiger partial charge is 0.322 e. The highest BCUT2D eigenvalue weighted by atomic mass is 32.1. The van der Waals surface area contributed by atoms with E-state index in [0.717, 1.165) is 12.8 Å². The van der Waals surface area contributed by atoms with Crippen LogP contribution in [-0.2, 0) is 13.0 Å². The van der Waals surface area contributed by atoms with E-state index in [4.69, 9.17) is 5.26 Å². The summed E-state index contributed by atoms with van der Waals surface area (Å²) in [4.78, 5) is 15.0. The van der Waals surface area contributed by atoms with E-state index in [-0.39, 0.29) is 6.03 Å². The molecule has 0 radical (unpaired) electrons. The molecule has 1 N–H and O–H groups in total. The second-order valence-electron chi connectivity index (χ2n) is 4.91. The van der Waals surface area contributed by atoms with Gasteiger partial charge in [-0.05, 0) is 24.3 Å². The number of hydrogen-bond donors (Lipinski definition) is 1. The Labute approximate surface area is 134 Å². The summed E-state index contributed by atoms with van der Waals surface area (Å²) in [6, 6.07) is 7.78. The summed E-state index contributed by atoms with van der Waals surface area (Å²) in [5.41, 5.74) is 0. The molecule has 7 heteroatoms. The third kappa shape index (κ3) is 4.90. The molecular weight excluding hydrogens is 298 g/mol. The number of hydrogen-bond acceptors (Lipinski definition) is 4. The molecule has 0 spiro atoms. The van der Waals surface area contributed by atoms with Crippen molar-refractivity contribution in [3.8, 4) is 6.07 Å². The first kappa shape index (κ1) is 16.0. The second-order valence-corrected chi connectivity index (χ2v) is 5.94. The van der Waals surface area contributed by atoms with E-state index < -0.39 is 0 Å². The minimum absolute atomic E-state index is 0.168. The van der Waals surface area contributed by atoms with Crippen molar-refractivity contribution in [1.29, 1.82) is 5.26 Å². The molecule has 0 atom stereocenters. The lowest BCUT2D eigenvalue weighted by molar-refractivity contribution is 0.223. The number of carbonyl (C=O) groups excluding carboxylic acids is 1. The van der Waals surface area contributed by atoms with Gasteiger partial charge in [-0.25, -0.2) is 4.79 Å². The highest BCUT2D eigenvalue weighted by Gasteiger charge is 2.10. The summed E-state index contributed by atoms with van der Waals surface area (Å²) in [5, 5.41) is 17.6. The van der Waals surface area contributed by atoms with Gasteiger partial charge in [-0.1, -0.05) is 6.07 Å². The van der Waals surface area contributed by atoms with Crippen molar-refractivity contribution in [2.24, 2.45) is 0 Å². The Morgan fingerprint density at radius 2 is 2.41 bits per heavy atom. The van der Waals surface area contributed by atoms with Crippen molar-refractivity contribution in [2.75, 3.05) is 18.9 Å². The number of aryl methyl sites for hydroxylation is 1. The number of unbranched alkanes of at least 4 members (excludes halogenated alkanes) is 1. The molecule has 116 valence electrons. The van der Waals surface area contributed by atoms with Crippen LogP contribution in [0.15, 0.2) is 29.8 Å². The van der Waals surface area contributed by atoms with Crippen LogP contribution in [0.5, 0.6) is 0 Å². The predicted octanol–water partition coefficient (Wildman–Crippen LogP) is 2.95. The maximum Gasteiger partial charge on any atom is 0.322 e. The molecule has 0 fully saturated rings. The number of anilines is 1. The van der Waals surface area contributed by atoms with Crippen LogP contribution in [0.25, 0.3) is 0 Å². The zero-order valence-corrected chi connectivity index (χ0v) is 13.3. The Bertz CT molecular complexity index is 629. The van der Waals surface area contributed by atoms with E-state index in [1.165, 1.54) is 4.88 Å². The molecule has 6 nitrogen and oxygen atoms in total. The summed E-state index contributed by atoms with van der Waals surface area (Å²) in [5.74, 6) is 0.532. The number of nitriles is 1. The number of nitrogens with zero attached hydrogens (tertiary/aromatic N) is 4. The van der Waals surface area contributed by atoms with Crippen LogP contribution in [0, 0.1) is 11.3 Å². The molecule has 0 unspecified atom stereocenters. The standard InChI is InChI=1S/C15H19N5OS/c1-19(10-6-13-5-4-12-22-13)15(21)17-14-7-11-20(18-14)9-3-2-8-16/h4-5,7,11-12H,2-3,6,9-10H2,1H3,(H,17,18,21). The maximum atomic E-state index is 12.1. The quantitative estimate of drug-likeness (QED) is 0.798. The van der Waals surface area contributed by atoms with E-state index in [9.17, 15) is 4.79 Å². The Kier molecular flexibility index (Phi) is 5.98. The lowest BCUT2D eigenvalue weighted by Gasteiger charge is -2.16. The third-order valence-electron chi connectivity index (χ3n) is 3.17. The maximum absolute atomic E-state index is 12.1. The summed E-state index contributed by atoms with van der Waals surface area (Å²) < 4.78 is 1.73. The molecule has 0 saturated heterocycles. The molecule has 0 aliphatic rings. The minimum Gasteiger partial charge on any atom is -0.327 e. The van der Waals surface area contributed by atoms with Gasteiger partial charge < -0.3 is 4.90 Å². The number of nitrogens with one attached hydrogen (secondary N) is 1. The van der Waals surface area contributed by atoms with E-state index in [1.807, 2.05) is 11.4 Å². The Balaban J connectivity index is 1.77. The van der Waals surface area contributed by atoms with E-state index in [2.05, 4.69) is 22.6 Å². The van der Waals surface area contributed by atoms with Crippen molar-refractivity contribution >= 4 is 23.2 Å². The van der Waals surface area contributed by atoms with Crippen molar-refractivity contribution in [3.05, 3.63) is 34.7 Å². The van der Waals surface area contributed by atoms with Gasteiger partial charge in [0, 0.05) is 43.7 Å². The van der Waals surface area contributed by atoms with Gasteiger partial charge in [-0.15, -0.1) is 11.3 Å². The van der Waals surface area contributed by atoms with Gasteiger partial charge in [0.25, 0.3) is 0 Å². The minimum atomic E-state index is -0.168. The fourth-order valence-corrected chi connectivity index (χ4v) is 2.61. The van der Waals surface area contributed by atoms with E-state index in [0.29, 0.717) is 25.3 Å². The highest BCUT2D eigenvalue weighted by molar-refractivity contribution is 7.09. The Hall–Kier alpha value is -2.33. The SMILES string of the molecule is CN(CCc1cccs1)C(=O)Nc1ccn(CCCC#N)n1. The molecule has 2 rings (SSSR count). The zero-order chi connectivity index (χ0) is 15.8. The Morgan fingerprint density at radius 3 is 3.14 bits per heavy atom. The number of aromatic nitrogens is 2. The van der Waals surface area contributed by atoms with Gasteiger partial charge in [0.2, 0.25) is 0 Å². The normalized spacial score (nSPS) is 10.2. The number of amides is 2. The van der Waals surface area contributed by atoms with E-state index >= 15 is 0 Å². The molecule has 0 aromatic carbocycles. The predicted molar refractivity (Wildman–Crippen MR) is 86.7 cm³/mol. The molecule has 2 heterocycles. The van der Waals surface area contributed by atoms with Crippen LogP contribution in [0.3, 0.4) is 0 Å². The van der Waals surface area contributed by atoms with E-state index in [1.54, 1.807) is 40.2 Å². The fraction of sp³-hybridized carbons (Fsp3) is 0.400. The Morgan fingerprint density at radius 1 is 1.55 bits per heavy atom. The van der Waals surface area contributed by atoms with Crippen LogP contribution in [0.2, 0.25) is 0 Å². The molecule has 2 aromatic rings. The monoisotopic (exact) mass is 317 g/mol. The first-order chi connectivity index (χ1) is 10.7. The first-order valence-corrected chi connectivity index (χ1v) is 8.02. The molecule has 0 aliphatic heterocycles. The van der Waals surface area contributed by atoms with Gasteiger partial charge in [-0.2, -0.15) is 10.4 Å². The summed E-state index contributed by atoms with van der Waals surface area (Å²) in [6.07, 6.45) is 3.92. The molecular formula is C15H19N5OS. The van der Waals surface area contributed by atoms with Gasteiger partial charge in [0.05, 0.1) is 6.07 Å². The zero-order valence-electron chi connectivity index (χ0n) is 12.5. The van der Waals surface area contributed by atoms with Crippen LogP contribution >= 0.6 is 11.3 Å². The summed E-state index contributed by atoms with van der Waals surface area (Å²) in [7, 11) is 1.77. The number of carbonyl (C=O) groups is 1. The number of thiophene rings is 1. The lowest BCUT2D eigenvalue weighted by atomic mass is 10.3. The topological polar surface area (TPSA) is 74.0 Å². The summed E-state index contributed by atoms with van der Waals surface area (Å²) in [6.45, 7) is 1.34. The number of likely N-dealkylation sites (N-methyl/N-ethyl adjacent to an activating group) is 1.